The molecule has 16 heavy (non-hydrogen) atoms. The van der Waals surface area contributed by atoms with E-state index in [2.05, 4.69) is 4.98 Å². The molecule has 0 aromatic carbocycles. The number of carbonyl (C=O) groups excluding carboxylic acids is 1. The van der Waals surface area contributed by atoms with Crippen LogP contribution in [-0.4, -0.2) is 28.9 Å². The predicted molar refractivity (Wildman–Crippen MR) is 62.7 cm³/mol. The van der Waals surface area contributed by atoms with Gasteiger partial charge in [-0.1, -0.05) is 0 Å². The molecule has 1 rings (SSSR count). The number of hydrogen-bond donors (Lipinski definition) is 1. The quantitative estimate of drug-likeness (QED) is 0.849. The Morgan fingerprint density at radius 1 is 1.81 bits per heavy atom. The number of anilines is 1. The number of hydrogen-bond acceptors (Lipinski definition) is 5. The van der Waals surface area contributed by atoms with Crippen molar-refractivity contribution in [2.45, 2.75) is 25.8 Å². The second-order valence-corrected chi connectivity index (χ2v) is 4.46. The Morgan fingerprint density at radius 3 is 3.00 bits per heavy atom. The normalized spacial score (nSPS) is 11.8. The number of thiazole rings is 1. The number of likely N-dealkylation sites (N-methyl/N-ethyl adjacent to an activating group) is 1. The van der Waals surface area contributed by atoms with Gasteiger partial charge in [-0.25, -0.2) is 4.98 Å². The van der Waals surface area contributed by atoms with E-state index in [0.717, 1.165) is 0 Å². The maximum Gasteiger partial charge on any atom is 0.228 e. The first kappa shape index (κ1) is 12.5. The topological polar surface area (TPSA) is 83.0 Å². The Labute approximate surface area is 98.5 Å². The Hall–Kier alpha value is -1.61. The van der Waals surface area contributed by atoms with E-state index in [0.29, 0.717) is 17.2 Å². The minimum atomic E-state index is -0.0755. The van der Waals surface area contributed by atoms with Gasteiger partial charge in [-0.2, -0.15) is 5.26 Å². The largest absolute Gasteiger partial charge is 0.375 e. The molecule has 0 bridgehead atoms. The first-order valence-electron chi connectivity index (χ1n) is 4.87. The van der Waals surface area contributed by atoms with E-state index in [1.165, 1.54) is 11.3 Å². The SMILES string of the molecule is CC(CC#N)N(C)C(=O)Cc1csc(N)n1. The summed E-state index contributed by atoms with van der Waals surface area (Å²) in [6, 6.07) is 1.97. The van der Waals surface area contributed by atoms with Gasteiger partial charge in [0, 0.05) is 18.5 Å². The van der Waals surface area contributed by atoms with Crippen LogP contribution in [0.4, 0.5) is 5.13 Å². The van der Waals surface area contributed by atoms with E-state index >= 15 is 0 Å². The second kappa shape index (κ2) is 5.47. The van der Waals surface area contributed by atoms with Gasteiger partial charge in [0.05, 0.1) is 24.6 Å². The molecular formula is C10H14N4OS. The highest BCUT2D eigenvalue weighted by Gasteiger charge is 2.16. The van der Waals surface area contributed by atoms with Gasteiger partial charge in [-0.15, -0.1) is 11.3 Å². The molecule has 5 nitrogen and oxygen atoms in total. The number of nitrogens with two attached hydrogens (primary N) is 1. The number of nitriles is 1. The Balaban J connectivity index is 2.55. The van der Waals surface area contributed by atoms with E-state index in [9.17, 15) is 4.79 Å². The fourth-order valence-electron chi connectivity index (χ4n) is 1.20. The van der Waals surface area contributed by atoms with Crippen molar-refractivity contribution in [2.24, 2.45) is 0 Å². The van der Waals surface area contributed by atoms with Crippen molar-refractivity contribution >= 4 is 22.4 Å². The van der Waals surface area contributed by atoms with Crippen molar-refractivity contribution < 1.29 is 4.79 Å². The monoisotopic (exact) mass is 238 g/mol. The van der Waals surface area contributed by atoms with Crippen LogP contribution in [0.1, 0.15) is 19.0 Å². The third-order valence-corrected chi connectivity index (χ3v) is 3.07. The lowest BCUT2D eigenvalue weighted by Crippen LogP contribution is -2.35. The molecule has 0 aliphatic heterocycles. The minimum Gasteiger partial charge on any atom is -0.375 e. The summed E-state index contributed by atoms with van der Waals surface area (Å²) in [6.45, 7) is 1.84. The Bertz CT molecular complexity index is 409. The standard InChI is InChI=1S/C10H14N4OS/c1-7(3-4-11)14(2)9(15)5-8-6-16-10(12)13-8/h6-7H,3,5H2,1-2H3,(H2,12,13). The zero-order valence-electron chi connectivity index (χ0n) is 9.30. The van der Waals surface area contributed by atoms with Crippen LogP contribution in [0, 0.1) is 11.3 Å². The third kappa shape index (κ3) is 3.21. The fourth-order valence-corrected chi connectivity index (χ4v) is 1.76. The van der Waals surface area contributed by atoms with E-state index in [1.807, 2.05) is 13.0 Å². The molecule has 0 radical (unpaired) electrons. The molecular weight excluding hydrogens is 224 g/mol. The first-order valence-corrected chi connectivity index (χ1v) is 5.75. The summed E-state index contributed by atoms with van der Waals surface area (Å²) in [4.78, 5) is 17.4. The van der Waals surface area contributed by atoms with Crippen LogP contribution < -0.4 is 5.73 Å². The van der Waals surface area contributed by atoms with Crippen molar-refractivity contribution in [2.75, 3.05) is 12.8 Å². The fraction of sp³-hybridized carbons (Fsp3) is 0.500. The zero-order valence-corrected chi connectivity index (χ0v) is 10.1. The molecule has 1 atom stereocenters. The molecule has 1 aromatic rings. The average molecular weight is 238 g/mol. The molecule has 0 aliphatic carbocycles. The molecule has 2 N–H and O–H groups in total. The van der Waals surface area contributed by atoms with E-state index in [-0.39, 0.29) is 18.4 Å². The molecule has 1 heterocycles. The lowest BCUT2D eigenvalue weighted by molar-refractivity contribution is -0.130. The number of nitrogens with zero attached hydrogens (tertiary/aromatic N) is 3. The van der Waals surface area contributed by atoms with Crippen molar-refractivity contribution in [3.05, 3.63) is 11.1 Å². The maximum absolute atomic E-state index is 11.8. The summed E-state index contributed by atoms with van der Waals surface area (Å²) in [7, 11) is 1.69. The highest BCUT2D eigenvalue weighted by atomic mass is 32.1. The number of aromatic nitrogens is 1. The molecule has 0 saturated heterocycles. The molecule has 0 spiro atoms. The van der Waals surface area contributed by atoms with Gasteiger partial charge in [0.25, 0.3) is 0 Å². The van der Waals surface area contributed by atoms with E-state index in [1.54, 1.807) is 17.3 Å². The second-order valence-electron chi connectivity index (χ2n) is 3.57. The zero-order chi connectivity index (χ0) is 12.1. The predicted octanol–water partition coefficient (Wildman–Crippen LogP) is 1.03. The molecule has 1 aromatic heterocycles. The lowest BCUT2D eigenvalue weighted by atomic mass is 10.2. The van der Waals surface area contributed by atoms with E-state index in [4.69, 9.17) is 11.0 Å². The minimum absolute atomic E-state index is 0.0481. The van der Waals surface area contributed by atoms with Crippen LogP contribution in [-0.2, 0) is 11.2 Å². The smallest absolute Gasteiger partial charge is 0.228 e. The van der Waals surface area contributed by atoms with Crippen LogP contribution in [0.25, 0.3) is 0 Å². The third-order valence-electron chi connectivity index (χ3n) is 2.34. The van der Waals surface area contributed by atoms with Crippen LogP contribution in [0.2, 0.25) is 0 Å². The first-order chi connectivity index (χ1) is 7.54. The molecule has 0 fully saturated rings. The Morgan fingerprint density at radius 2 is 2.50 bits per heavy atom. The van der Waals surface area contributed by atoms with Gasteiger partial charge in [0.1, 0.15) is 0 Å². The highest BCUT2D eigenvalue weighted by molar-refractivity contribution is 7.13. The van der Waals surface area contributed by atoms with Gasteiger partial charge >= 0.3 is 0 Å². The Kier molecular flexibility index (Phi) is 4.26. The maximum atomic E-state index is 11.8. The highest BCUT2D eigenvalue weighted by Crippen LogP contribution is 2.12. The summed E-state index contributed by atoms with van der Waals surface area (Å²) >= 11 is 1.32. The summed E-state index contributed by atoms with van der Waals surface area (Å²) in [5.41, 5.74) is 6.16. The lowest BCUT2D eigenvalue weighted by Gasteiger charge is -2.22. The number of nitrogen functional groups attached to an aromatic ring is 1. The molecule has 0 aliphatic rings. The van der Waals surface area contributed by atoms with Crippen molar-refractivity contribution in [3.8, 4) is 6.07 Å². The van der Waals surface area contributed by atoms with Gasteiger partial charge in [0.15, 0.2) is 5.13 Å². The van der Waals surface area contributed by atoms with E-state index < -0.39 is 0 Å². The number of rotatable bonds is 4. The summed E-state index contributed by atoms with van der Waals surface area (Å²) in [5.74, 6) is -0.0481. The molecule has 0 saturated carbocycles. The summed E-state index contributed by atoms with van der Waals surface area (Å²) < 4.78 is 0. The number of carbonyl (C=O) groups is 1. The van der Waals surface area contributed by atoms with Crippen LogP contribution in [0.5, 0.6) is 0 Å². The van der Waals surface area contributed by atoms with Crippen LogP contribution in [0.15, 0.2) is 5.38 Å². The molecule has 1 amide bonds. The molecule has 1 unspecified atom stereocenters. The van der Waals surface area contributed by atoms with Crippen molar-refractivity contribution in [1.29, 1.82) is 5.26 Å². The van der Waals surface area contributed by atoms with Crippen LogP contribution >= 0.6 is 11.3 Å². The van der Waals surface area contributed by atoms with Crippen molar-refractivity contribution in [3.63, 3.8) is 0 Å². The average Bonchev–Trinajstić information content (AvgIpc) is 2.63. The van der Waals surface area contributed by atoms with Gasteiger partial charge in [-0.3, -0.25) is 4.79 Å². The summed E-state index contributed by atoms with van der Waals surface area (Å²) in [6.07, 6.45) is 0.571. The summed E-state index contributed by atoms with van der Waals surface area (Å²) in [5, 5.41) is 10.8. The van der Waals surface area contributed by atoms with Gasteiger partial charge in [0.2, 0.25) is 5.91 Å². The van der Waals surface area contributed by atoms with Gasteiger partial charge < -0.3 is 10.6 Å². The van der Waals surface area contributed by atoms with Gasteiger partial charge in [-0.05, 0) is 6.92 Å². The van der Waals surface area contributed by atoms with Crippen molar-refractivity contribution in [1.82, 2.24) is 9.88 Å². The number of amides is 1. The molecule has 86 valence electrons. The van der Waals surface area contributed by atoms with Crippen LogP contribution in [0.3, 0.4) is 0 Å². The molecule has 6 heteroatoms.